The first-order valence-electron chi connectivity index (χ1n) is 10.4. The molecule has 2 N–H and O–H groups in total. The average Bonchev–Trinajstić information content (AvgIpc) is 3.39. The molecule has 2 heterocycles. The molecular weight excluding hydrogens is 525 g/mol. The van der Waals surface area contributed by atoms with Crippen molar-refractivity contribution in [2.75, 3.05) is 17.8 Å². The van der Waals surface area contributed by atoms with Gasteiger partial charge in [0.2, 0.25) is 0 Å². The van der Waals surface area contributed by atoms with Gasteiger partial charge >= 0.3 is 6.18 Å². The number of hydrogen-bond acceptors (Lipinski definition) is 6. The Morgan fingerprint density at radius 2 is 1.89 bits per heavy atom. The van der Waals surface area contributed by atoms with Crippen molar-refractivity contribution in [3.05, 3.63) is 64.0 Å². The Morgan fingerprint density at radius 3 is 2.49 bits per heavy atom. The molecule has 0 bridgehead atoms. The molecule has 35 heavy (non-hydrogen) atoms. The Hall–Kier alpha value is -2.60. The van der Waals surface area contributed by atoms with E-state index in [1.54, 1.807) is 19.1 Å². The number of ether oxygens (including phenoxy) is 1. The van der Waals surface area contributed by atoms with Crippen LogP contribution in [0, 0.1) is 0 Å². The van der Waals surface area contributed by atoms with Gasteiger partial charge in [-0.25, -0.2) is 8.42 Å². The summed E-state index contributed by atoms with van der Waals surface area (Å²) in [5.41, 5.74) is -0.714. The lowest BCUT2D eigenvalue weighted by Crippen LogP contribution is -2.35. The van der Waals surface area contributed by atoms with Gasteiger partial charge in [-0.05, 0) is 37.2 Å². The van der Waals surface area contributed by atoms with Crippen LogP contribution in [0.4, 0.5) is 18.9 Å². The first-order valence-corrected chi connectivity index (χ1v) is 13.1. The normalized spacial score (nSPS) is 18.4. The lowest BCUT2D eigenvalue weighted by Gasteiger charge is -2.27. The maximum atomic E-state index is 13.6. The van der Waals surface area contributed by atoms with Crippen LogP contribution in [0.1, 0.15) is 29.3 Å². The molecule has 1 aliphatic heterocycles. The fourth-order valence-corrected chi connectivity index (χ4v) is 6.69. The second kappa shape index (κ2) is 9.45. The standard InChI is InChI=1S/C23H20ClF3N2O4S2/c1-22(8-9-28-13-22)33-19-10-16(6-7-18(19)23(25,26)27)29-35(31,32)21-17(11-20(24)34-21)15-4-2-14(12-30)3-5-15/h2-7,10-12,28-29H,8-9,13H2,1H3/t22-/m1/s1. The molecule has 1 aliphatic rings. The summed E-state index contributed by atoms with van der Waals surface area (Å²) in [4.78, 5) is 10.9. The molecule has 12 heteroatoms. The van der Waals surface area contributed by atoms with Crippen LogP contribution < -0.4 is 14.8 Å². The van der Waals surface area contributed by atoms with E-state index in [1.807, 2.05) is 0 Å². The number of halogens is 4. The van der Waals surface area contributed by atoms with Crippen molar-refractivity contribution in [2.45, 2.75) is 29.3 Å². The summed E-state index contributed by atoms with van der Waals surface area (Å²) in [5, 5.41) is 3.05. The van der Waals surface area contributed by atoms with Crippen molar-refractivity contribution in [3.63, 3.8) is 0 Å². The van der Waals surface area contributed by atoms with E-state index in [2.05, 4.69) is 10.0 Å². The largest absolute Gasteiger partial charge is 0.485 e. The van der Waals surface area contributed by atoms with Crippen LogP contribution in [0.3, 0.4) is 0 Å². The second-order valence-electron chi connectivity index (χ2n) is 8.28. The summed E-state index contributed by atoms with van der Waals surface area (Å²) in [6.07, 6.45) is -3.52. The molecule has 0 radical (unpaired) electrons. The highest BCUT2D eigenvalue weighted by atomic mass is 35.5. The molecular formula is C23H20ClF3N2O4S2. The number of aldehydes is 1. The van der Waals surface area contributed by atoms with Gasteiger partial charge in [-0.2, -0.15) is 13.2 Å². The lowest BCUT2D eigenvalue weighted by molar-refractivity contribution is -0.139. The Labute approximate surface area is 209 Å². The van der Waals surface area contributed by atoms with Crippen LogP contribution in [0.2, 0.25) is 4.34 Å². The summed E-state index contributed by atoms with van der Waals surface area (Å²) in [7, 11) is -4.23. The second-order valence-corrected chi connectivity index (χ2v) is 11.8. The van der Waals surface area contributed by atoms with Crippen LogP contribution in [0.25, 0.3) is 11.1 Å². The van der Waals surface area contributed by atoms with E-state index in [4.69, 9.17) is 16.3 Å². The lowest BCUT2D eigenvalue weighted by atomic mass is 10.1. The van der Waals surface area contributed by atoms with Crippen molar-refractivity contribution in [1.82, 2.24) is 5.32 Å². The number of carbonyl (C=O) groups excluding carboxylic acids is 1. The van der Waals surface area contributed by atoms with Gasteiger partial charge in [-0.3, -0.25) is 9.52 Å². The Morgan fingerprint density at radius 1 is 1.17 bits per heavy atom. The average molecular weight is 545 g/mol. The molecule has 4 rings (SSSR count). The maximum Gasteiger partial charge on any atom is 0.419 e. The van der Waals surface area contributed by atoms with E-state index in [-0.39, 0.29) is 14.2 Å². The minimum atomic E-state index is -4.68. The quantitative estimate of drug-likeness (QED) is 0.366. The number of benzene rings is 2. The molecule has 1 fully saturated rings. The number of hydrogen-bond donors (Lipinski definition) is 2. The molecule has 1 saturated heterocycles. The highest BCUT2D eigenvalue weighted by Crippen LogP contribution is 2.42. The topological polar surface area (TPSA) is 84.5 Å². The van der Waals surface area contributed by atoms with Gasteiger partial charge in [0.25, 0.3) is 10.0 Å². The van der Waals surface area contributed by atoms with E-state index in [9.17, 15) is 26.4 Å². The Kier molecular flexibility index (Phi) is 6.89. The molecule has 2 aromatic carbocycles. The van der Waals surface area contributed by atoms with Crippen molar-refractivity contribution in [1.29, 1.82) is 0 Å². The zero-order valence-corrected chi connectivity index (χ0v) is 20.7. The predicted octanol–water partition coefficient (Wildman–Crippen LogP) is 5.83. The fraction of sp³-hybridized carbons (Fsp3) is 0.261. The summed E-state index contributed by atoms with van der Waals surface area (Å²) in [5.74, 6) is -0.460. The van der Waals surface area contributed by atoms with Crippen LogP contribution in [-0.4, -0.2) is 33.4 Å². The van der Waals surface area contributed by atoms with Gasteiger partial charge in [-0.1, -0.05) is 35.9 Å². The van der Waals surface area contributed by atoms with Crippen molar-refractivity contribution in [3.8, 4) is 16.9 Å². The van der Waals surface area contributed by atoms with Crippen LogP contribution >= 0.6 is 22.9 Å². The summed E-state index contributed by atoms with van der Waals surface area (Å²) < 4.78 is 75.5. The maximum absolute atomic E-state index is 13.6. The van der Waals surface area contributed by atoms with Gasteiger partial charge in [-0.15, -0.1) is 11.3 Å². The Bertz CT molecular complexity index is 1350. The monoisotopic (exact) mass is 544 g/mol. The number of carbonyl (C=O) groups is 1. The molecule has 6 nitrogen and oxygen atoms in total. The third kappa shape index (κ3) is 5.64. The zero-order chi connectivity index (χ0) is 25.4. The molecule has 186 valence electrons. The summed E-state index contributed by atoms with van der Waals surface area (Å²) >= 11 is 6.92. The molecule has 0 amide bonds. The summed E-state index contributed by atoms with van der Waals surface area (Å²) in [6, 6.07) is 10.6. The number of sulfonamides is 1. The number of nitrogens with one attached hydrogen (secondary N) is 2. The highest BCUT2D eigenvalue weighted by Gasteiger charge is 2.38. The number of alkyl halides is 3. The number of rotatable bonds is 7. The van der Waals surface area contributed by atoms with Gasteiger partial charge < -0.3 is 10.1 Å². The van der Waals surface area contributed by atoms with Crippen LogP contribution in [-0.2, 0) is 16.2 Å². The minimum absolute atomic E-state index is 0.0886. The molecule has 1 atom stereocenters. The highest BCUT2D eigenvalue weighted by molar-refractivity contribution is 7.94. The van der Waals surface area contributed by atoms with Crippen LogP contribution in [0.5, 0.6) is 5.75 Å². The number of thiophene rings is 1. The third-order valence-electron chi connectivity index (χ3n) is 5.49. The first kappa shape index (κ1) is 25.5. The first-order chi connectivity index (χ1) is 16.4. The molecule has 0 unspecified atom stereocenters. The SMILES string of the molecule is C[C@@]1(Oc2cc(NS(=O)(=O)c3sc(Cl)cc3-c3ccc(C=O)cc3)ccc2C(F)(F)F)CCNC1. The van der Waals surface area contributed by atoms with Crippen LogP contribution in [0.15, 0.2) is 52.7 Å². The fourth-order valence-electron chi connectivity index (χ4n) is 3.74. The van der Waals surface area contributed by atoms with Crippen molar-refractivity contribution >= 4 is 44.9 Å². The van der Waals surface area contributed by atoms with Crippen molar-refractivity contribution < 1.29 is 31.1 Å². The van der Waals surface area contributed by atoms with E-state index < -0.39 is 33.1 Å². The Balaban J connectivity index is 1.69. The molecule has 3 aromatic rings. The minimum Gasteiger partial charge on any atom is -0.485 e. The van der Waals surface area contributed by atoms with Gasteiger partial charge in [0.15, 0.2) is 0 Å². The van der Waals surface area contributed by atoms with E-state index in [1.165, 1.54) is 18.2 Å². The van der Waals surface area contributed by atoms with Gasteiger partial charge in [0.05, 0.1) is 15.6 Å². The van der Waals surface area contributed by atoms with Gasteiger partial charge in [0.1, 0.15) is 21.8 Å². The smallest absolute Gasteiger partial charge is 0.419 e. The molecule has 0 spiro atoms. The van der Waals surface area contributed by atoms with E-state index >= 15 is 0 Å². The third-order valence-corrected chi connectivity index (χ3v) is 8.67. The van der Waals surface area contributed by atoms with Gasteiger partial charge in [0, 0.05) is 30.2 Å². The predicted molar refractivity (Wildman–Crippen MR) is 129 cm³/mol. The molecule has 0 saturated carbocycles. The summed E-state index contributed by atoms with van der Waals surface area (Å²) in [6.45, 7) is 2.65. The van der Waals surface area contributed by atoms with E-state index in [0.717, 1.165) is 29.5 Å². The van der Waals surface area contributed by atoms with Crippen molar-refractivity contribution in [2.24, 2.45) is 0 Å². The van der Waals surface area contributed by atoms with E-state index in [0.29, 0.717) is 42.5 Å². The molecule has 0 aliphatic carbocycles. The zero-order valence-electron chi connectivity index (χ0n) is 18.3. The number of anilines is 1. The molecule has 1 aromatic heterocycles.